The van der Waals surface area contributed by atoms with Crippen molar-refractivity contribution in [3.63, 3.8) is 0 Å². The standard InChI is InChI=1S/C49H50N4O8/c54-42-18-16-40(41-17-19-45(56)51-47(41)42)43(55)28-50-23-20-32-12-14-33(15-13-32)30-60-48(57)38-10-4-6-34(26-38)31-59-39-11-5-9-37(27-39)46(36-7-2-1-3-8-36)52-49(58)61-44-29-53-24-21-35(44)22-25-53/h1-19,26-27,35,43-44,46,50,54-55H,20-25,28-31H2,(H,51,56)(H,52,58)/t43?,44-,46-/m0/s1. The molecular formula is C49H50N4O8. The molecule has 6 aromatic rings. The van der Waals surface area contributed by atoms with Crippen LogP contribution in [0.4, 0.5) is 4.79 Å². The Morgan fingerprint density at radius 1 is 0.803 bits per heavy atom. The van der Waals surface area contributed by atoms with Crippen molar-refractivity contribution < 1.29 is 34.0 Å². The first-order chi connectivity index (χ1) is 29.8. The van der Waals surface area contributed by atoms with Crippen molar-refractivity contribution in [1.29, 1.82) is 0 Å². The SMILES string of the molecule is O=C(N[C@@H](c1ccccc1)c1cccc(OCc2cccc(C(=O)OCc3ccc(CCNCC(O)c4ccc(O)c5[nH]c(=O)ccc45)cc3)c2)c1)O[C@H]1CN2CCC1CC2. The molecule has 5 aromatic carbocycles. The first kappa shape index (κ1) is 41.3. The van der Waals surface area contributed by atoms with Crippen LogP contribution in [-0.2, 0) is 29.1 Å². The molecule has 1 unspecified atom stereocenters. The molecule has 2 bridgehead atoms. The van der Waals surface area contributed by atoms with Crippen molar-refractivity contribution in [2.45, 2.75) is 50.7 Å². The summed E-state index contributed by atoms with van der Waals surface area (Å²) >= 11 is 0. The van der Waals surface area contributed by atoms with E-state index in [2.05, 4.69) is 20.5 Å². The Morgan fingerprint density at radius 3 is 2.36 bits per heavy atom. The zero-order chi connectivity index (χ0) is 42.1. The molecule has 1 amide bonds. The summed E-state index contributed by atoms with van der Waals surface area (Å²) < 4.78 is 17.8. The number of nitrogens with zero attached hydrogens (tertiary/aromatic N) is 1. The molecule has 3 atom stereocenters. The Hall–Kier alpha value is -6.47. The van der Waals surface area contributed by atoms with Gasteiger partial charge in [0.2, 0.25) is 5.56 Å². The molecule has 3 aliphatic rings. The summed E-state index contributed by atoms with van der Waals surface area (Å²) in [7, 11) is 0. The minimum absolute atomic E-state index is 0.0484. The number of pyridine rings is 1. The molecule has 0 spiro atoms. The third-order valence-electron chi connectivity index (χ3n) is 11.6. The zero-order valence-corrected chi connectivity index (χ0v) is 33.8. The van der Waals surface area contributed by atoms with Gasteiger partial charge in [-0.05, 0) is 115 Å². The van der Waals surface area contributed by atoms with Gasteiger partial charge in [0.15, 0.2) is 0 Å². The number of esters is 1. The number of nitrogens with one attached hydrogen (secondary N) is 3. The van der Waals surface area contributed by atoms with E-state index in [1.54, 1.807) is 30.3 Å². The fourth-order valence-electron chi connectivity index (χ4n) is 8.24. The van der Waals surface area contributed by atoms with E-state index < -0.39 is 24.2 Å². The Balaban J connectivity index is 0.804. The number of aromatic amines is 1. The number of phenolic OH excluding ortho intramolecular Hbond substituents is 1. The van der Waals surface area contributed by atoms with Crippen LogP contribution in [0.25, 0.3) is 10.9 Å². The monoisotopic (exact) mass is 822 g/mol. The highest BCUT2D eigenvalue weighted by Gasteiger charge is 2.37. The minimum atomic E-state index is -0.836. The van der Waals surface area contributed by atoms with E-state index in [0.717, 1.165) is 60.3 Å². The summed E-state index contributed by atoms with van der Waals surface area (Å²) in [6, 6.07) is 38.1. The van der Waals surface area contributed by atoms with Crippen LogP contribution in [0.1, 0.15) is 68.7 Å². The number of aliphatic hydroxyl groups excluding tert-OH is 1. The highest BCUT2D eigenvalue weighted by Crippen LogP contribution is 2.31. The number of hydrogen-bond donors (Lipinski definition) is 5. The molecule has 0 radical (unpaired) electrons. The number of phenols is 1. The number of fused-ring (bicyclic) bond motifs is 4. The van der Waals surface area contributed by atoms with Gasteiger partial charge in [-0.15, -0.1) is 0 Å². The maximum atomic E-state index is 13.3. The van der Waals surface area contributed by atoms with Crippen molar-refractivity contribution in [2.75, 3.05) is 32.7 Å². The van der Waals surface area contributed by atoms with E-state index in [-0.39, 0.29) is 30.6 Å². The molecule has 9 rings (SSSR count). The van der Waals surface area contributed by atoms with Gasteiger partial charge in [-0.2, -0.15) is 0 Å². The average Bonchev–Trinajstić information content (AvgIpc) is 3.29. The largest absolute Gasteiger partial charge is 0.506 e. The van der Waals surface area contributed by atoms with Gasteiger partial charge in [-0.25, -0.2) is 9.59 Å². The fourth-order valence-corrected chi connectivity index (χ4v) is 8.24. The Bertz CT molecular complexity index is 2500. The van der Waals surface area contributed by atoms with Gasteiger partial charge in [-0.3, -0.25) is 9.69 Å². The van der Waals surface area contributed by atoms with Gasteiger partial charge < -0.3 is 40.0 Å². The molecule has 61 heavy (non-hydrogen) atoms. The summed E-state index contributed by atoms with van der Waals surface area (Å²) in [5.41, 5.74) is 5.52. The number of hydrogen-bond acceptors (Lipinski definition) is 10. The molecule has 3 fully saturated rings. The van der Waals surface area contributed by atoms with E-state index in [1.165, 1.54) is 12.1 Å². The molecule has 0 saturated carbocycles. The third kappa shape index (κ3) is 10.5. The molecule has 5 N–H and O–H groups in total. The molecule has 12 nitrogen and oxygen atoms in total. The first-order valence-corrected chi connectivity index (χ1v) is 20.8. The topological polar surface area (TPSA) is 162 Å². The van der Waals surface area contributed by atoms with E-state index in [4.69, 9.17) is 14.2 Å². The van der Waals surface area contributed by atoms with Crippen LogP contribution in [-0.4, -0.2) is 71.0 Å². The second kappa shape index (κ2) is 19.3. The van der Waals surface area contributed by atoms with Crippen molar-refractivity contribution in [3.8, 4) is 11.5 Å². The Kier molecular flexibility index (Phi) is 13.0. The van der Waals surface area contributed by atoms with E-state index in [0.29, 0.717) is 53.2 Å². The molecule has 4 heterocycles. The van der Waals surface area contributed by atoms with Gasteiger partial charge in [0.25, 0.3) is 0 Å². The summed E-state index contributed by atoms with van der Waals surface area (Å²) in [6.45, 7) is 4.18. The van der Waals surface area contributed by atoms with Crippen molar-refractivity contribution in [1.82, 2.24) is 20.5 Å². The number of aromatic nitrogens is 1. The number of H-pyrrole nitrogens is 1. The molecule has 314 valence electrons. The van der Waals surface area contributed by atoms with Crippen LogP contribution in [0, 0.1) is 5.92 Å². The number of carbonyl (C=O) groups is 2. The number of ether oxygens (including phenoxy) is 3. The molecule has 3 saturated heterocycles. The second-order valence-electron chi connectivity index (χ2n) is 15.8. The van der Waals surface area contributed by atoms with Crippen molar-refractivity contribution in [3.05, 3.63) is 177 Å². The highest BCUT2D eigenvalue weighted by atomic mass is 16.6. The van der Waals surface area contributed by atoms with Crippen LogP contribution in [0.5, 0.6) is 11.5 Å². The van der Waals surface area contributed by atoms with E-state index in [1.807, 2.05) is 84.9 Å². The van der Waals surface area contributed by atoms with Crippen LogP contribution in [0.3, 0.4) is 0 Å². The number of aromatic hydroxyl groups is 1. The Labute approximate surface area is 354 Å². The molecule has 0 aliphatic carbocycles. The Morgan fingerprint density at radius 2 is 1.57 bits per heavy atom. The lowest BCUT2D eigenvalue weighted by Crippen LogP contribution is -2.52. The van der Waals surface area contributed by atoms with E-state index >= 15 is 0 Å². The lowest BCUT2D eigenvalue weighted by atomic mass is 9.86. The second-order valence-corrected chi connectivity index (χ2v) is 15.8. The van der Waals surface area contributed by atoms with Gasteiger partial charge in [0.05, 0.1) is 23.2 Å². The van der Waals surface area contributed by atoms with Gasteiger partial charge >= 0.3 is 12.1 Å². The smallest absolute Gasteiger partial charge is 0.408 e. The van der Waals surface area contributed by atoms with Gasteiger partial charge in [-0.1, -0.05) is 84.9 Å². The number of carbonyl (C=O) groups excluding carboxylic acids is 2. The summed E-state index contributed by atoms with van der Waals surface area (Å²) in [5.74, 6) is 0.547. The quantitative estimate of drug-likeness (QED) is 0.0511. The van der Waals surface area contributed by atoms with Crippen molar-refractivity contribution >= 4 is 23.0 Å². The van der Waals surface area contributed by atoms with Crippen LogP contribution in [0.2, 0.25) is 0 Å². The predicted octanol–water partition coefficient (Wildman–Crippen LogP) is 6.95. The number of aliphatic hydroxyl groups is 1. The molecule has 12 heteroatoms. The van der Waals surface area contributed by atoms with Crippen LogP contribution in [0.15, 0.2) is 132 Å². The first-order valence-electron chi connectivity index (χ1n) is 20.8. The van der Waals surface area contributed by atoms with Crippen molar-refractivity contribution in [2.24, 2.45) is 5.92 Å². The average molecular weight is 823 g/mol. The van der Waals surface area contributed by atoms with Crippen LogP contribution < -0.4 is 20.9 Å². The van der Waals surface area contributed by atoms with Gasteiger partial charge in [0.1, 0.15) is 30.8 Å². The third-order valence-corrected chi connectivity index (χ3v) is 11.6. The predicted molar refractivity (Wildman–Crippen MR) is 231 cm³/mol. The summed E-state index contributed by atoms with van der Waals surface area (Å²) in [6.07, 6.45) is 1.48. The molecule has 3 aliphatic heterocycles. The maximum Gasteiger partial charge on any atom is 0.408 e. The van der Waals surface area contributed by atoms with Crippen LogP contribution >= 0.6 is 0 Å². The molecular weight excluding hydrogens is 773 g/mol. The summed E-state index contributed by atoms with van der Waals surface area (Å²) in [5, 5.41) is 27.9. The molecule has 1 aromatic heterocycles. The number of rotatable bonds is 16. The lowest BCUT2D eigenvalue weighted by molar-refractivity contribution is -0.0336. The van der Waals surface area contributed by atoms with E-state index in [9.17, 15) is 24.6 Å². The number of alkyl carbamates (subject to hydrolysis) is 1. The number of piperidine rings is 3. The highest BCUT2D eigenvalue weighted by molar-refractivity contribution is 5.89. The minimum Gasteiger partial charge on any atom is -0.506 e. The fraction of sp³-hybridized carbons (Fsp3) is 0.286. The number of benzene rings is 5. The van der Waals surface area contributed by atoms with Gasteiger partial charge in [0, 0.05) is 24.5 Å². The maximum absolute atomic E-state index is 13.3. The zero-order valence-electron chi connectivity index (χ0n) is 33.8. The lowest BCUT2D eigenvalue weighted by Gasteiger charge is -2.43. The normalized spacial score (nSPS) is 18.0. The summed E-state index contributed by atoms with van der Waals surface area (Å²) in [4.78, 5) is 43.0. The number of amides is 1.